The van der Waals surface area contributed by atoms with Crippen molar-refractivity contribution in [3.8, 4) is 0 Å². The molecule has 200 valence electrons. The lowest BCUT2D eigenvalue weighted by molar-refractivity contribution is -0.384. The van der Waals surface area contributed by atoms with Crippen LogP contribution in [0.3, 0.4) is 0 Å². The van der Waals surface area contributed by atoms with Crippen LogP contribution in [0, 0.1) is 10.1 Å². The molecule has 2 amide bonds. The van der Waals surface area contributed by atoms with E-state index in [1.54, 1.807) is 0 Å². The Morgan fingerprint density at radius 1 is 0.973 bits per heavy atom. The summed E-state index contributed by atoms with van der Waals surface area (Å²) in [6.07, 6.45) is -5.19. The number of anilines is 1. The van der Waals surface area contributed by atoms with Gasteiger partial charge in [-0.05, 0) is 17.3 Å². The summed E-state index contributed by atoms with van der Waals surface area (Å²) in [5.41, 5.74) is -0.0650. The monoisotopic (exact) mass is 524 g/mol. The molecule has 1 aromatic rings. The minimum absolute atomic E-state index is 0.138. The van der Waals surface area contributed by atoms with E-state index in [4.69, 9.17) is 23.8 Å². The summed E-state index contributed by atoms with van der Waals surface area (Å²) >= 11 is 0. The van der Waals surface area contributed by atoms with Gasteiger partial charge in [-0.15, -0.1) is 0 Å². The van der Waals surface area contributed by atoms with E-state index in [1.807, 2.05) is 0 Å². The van der Waals surface area contributed by atoms with E-state index in [0.29, 0.717) is 0 Å². The molecule has 0 aromatic heterocycles. The molecule has 1 fully saturated rings. The highest BCUT2D eigenvalue weighted by atomic mass is 16.7. The molecule has 37 heavy (non-hydrogen) atoms. The maximum absolute atomic E-state index is 12.2. The van der Waals surface area contributed by atoms with Crippen molar-refractivity contribution in [2.45, 2.75) is 52.0 Å². The van der Waals surface area contributed by atoms with Gasteiger partial charge in [0.15, 0.2) is 18.3 Å². The number of nitro groups is 1. The molecule has 1 heterocycles. The average molecular weight is 524 g/mol. The minimum atomic E-state index is -1.42. The number of amides is 2. The lowest BCUT2D eigenvalue weighted by Gasteiger charge is -2.41. The molecule has 0 bridgehead atoms. The lowest BCUT2D eigenvalue weighted by atomic mass is 9.96. The first kappa shape index (κ1) is 28.5. The predicted octanol–water partition coefficient (Wildman–Crippen LogP) is 0.787. The first-order valence-electron chi connectivity index (χ1n) is 10.6. The quantitative estimate of drug-likeness (QED) is 0.159. The number of oxime groups is 1. The molecule has 0 spiro atoms. The normalized spacial score (nSPS) is 21.6. The Bertz CT molecular complexity index is 1090. The molecule has 4 unspecified atom stereocenters. The number of non-ortho nitro benzene ring substituents is 1. The van der Waals surface area contributed by atoms with Crippen LogP contribution >= 0.6 is 0 Å². The topological polar surface area (TPSA) is 211 Å². The van der Waals surface area contributed by atoms with E-state index in [0.717, 1.165) is 39.8 Å². The zero-order valence-corrected chi connectivity index (χ0v) is 20.1. The number of nitro benzene ring substituents is 1. The molecular weight excluding hydrogens is 500 g/mol. The fourth-order valence-corrected chi connectivity index (χ4v) is 3.16. The predicted molar refractivity (Wildman–Crippen MR) is 121 cm³/mol. The number of benzene rings is 1. The molecule has 0 aliphatic carbocycles. The molecule has 16 nitrogen and oxygen atoms in total. The Hall–Kier alpha value is -4.76. The van der Waals surface area contributed by atoms with Crippen molar-refractivity contribution in [2.75, 3.05) is 11.9 Å². The first-order valence-corrected chi connectivity index (χ1v) is 10.6. The van der Waals surface area contributed by atoms with E-state index < -0.39 is 71.7 Å². The van der Waals surface area contributed by atoms with Crippen molar-refractivity contribution in [2.24, 2.45) is 5.16 Å². The number of nitrogens with zero attached hydrogens (tertiary/aromatic N) is 2. The largest absolute Gasteiger partial charge is 0.466 e. The second-order valence-electron chi connectivity index (χ2n) is 7.52. The summed E-state index contributed by atoms with van der Waals surface area (Å²) in [6, 6.07) is 3.42. The maximum Gasteiger partial charge on any atom is 0.437 e. The van der Waals surface area contributed by atoms with Gasteiger partial charge in [0.05, 0.1) is 4.92 Å². The van der Waals surface area contributed by atoms with Crippen LogP contribution < -0.4 is 10.6 Å². The van der Waals surface area contributed by atoms with Gasteiger partial charge in [-0.1, -0.05) is 0 Å². The molecule has 2 rings (SSSR count). The maximum atomic E-state index is 12.2. The highest BCUT2D eigenvalue weighted by molar-refractivity contribution is 5.90. The van der Waals surface area contributed by atoms with Crippen molar-refractivity contribution in [3.05, 3.63) is 34.4 Å². The molecule has 0 radical (unpaired) electrons. The number of hydrogen-bond acceptors (Lipinski definition) is 13. The third-order valence-electron chi connectivity index (χ3n) is 4.51. The summed E-state index contributed by atoms with van der Waals surface area (Å²) in [6.45, 7) is 3.92. The number of nitrogens with one attached hydrogen (secondary N) is 2. The fraction of sp³-hybridized carbons (Fsp3) is 0.429. The molecule has 4 atom stereocenters. The number of carbonyl (C=O) groups excluding carboxylic acids is 5. The van der Waals surface area contributed by atoms with Gasteiger partial charge in [0.2, 0.25) is 5.91 Å². The van der Waals surface area contributed by atoms with Crippen molar-refractivity contribution in [1.82, 2.24) is 5.32 Å². The lowest BCUT2D eigenvalue weighted by Crippen LogP contribution is -2.64. The van der Waals surface area contributed by atoms with E-state index in [-0.39, 0.29) is 11.4 Å². The summed E-state index contributed by atoms with van der Waals surface area (Å²) in [7, 11) is 0. The van der Waals surface area contributed by atoms with Gasteiger partial charge >= 0.3 is 24.0 Å². The van der Waals surface area contributed by atoms with Crippen molar-refractivity contribution in [1.29, 1.82) is 0 Å². The van der Waals surface area contributed by atoms with Crippen LogP contribution in [0.5, 0.6) is 0 Å². The van der Waals surface area contributed by atoms with Crippen molar-refractivity contribution in [3.63, 3.8) is 0 Å². The standard InChI is InChI=1S/C21H24N4O12/c1-10(26)22-17-19(35-13(4)29)18(34-12(3)28)16(9-33-11(2)27)36-20(17)24-37-21(30)23-14-5-7-15(8-6-14)25(31)32/h5-8,16-19H,9H2,1-4H3,(H,22,26)(H,23,30)/b24-20-. The Balaban J connectivity index is 2.34. The third kappa shape index (κ3) is 8.75. The highest BCUT2D eigenvalue weighted by Crippen LogP contribution is 2.25. The van der Waals surface area contributed by atoms with Gasteiger partial charge in [-0.3, -0.25) is 39.4 Å². The van der Waals surface area contributed by atoms with Crippen LogP contribution in [0.2, 0.25) is 0 Å². The highest BCUT2D eigenvalue weighted by Gasteiger charge is 2.50. The van der Waals surface area contributed by atoms with Crippen molar-refractivity contribution >= 4 is 47.2 Å². The minimum Gasteiger partial charge on any atom is -0.466 e. The number of esters is 3. The molecule has 1 aromatic carbocycles. The second-order valence-corrected chi connectivity index (χ2v) is 7.52. The van der Waals surface area contributed by atoms with Crippen LogP contribution in [-0.4, -0.2) is 71.7 Å². The van der Waals surface area contributed by atoms with Crippen LogP contribution in [0.4, 0.5) is 16.2 Å². The average Bonchev–Trinajstić information content (AvgIpc) is 2.79. The molecule has 1 saturated heterocycles. The summed E-state index contributed by atoms with van der Waals surface area (Å²) in [5.74, 6) is -3.41. The van der Waals surface area contributed by atoms with Gasteiger partial charge in [0.1, 0.15) is 12.6 Å². The molecule has 0 saturated carbocycles. The van der Waals surface area contributed by atoms with Gasteiger partial charge in [-0.2, -0.15) is 0 Å². The number of carbonyl (C=O) groups is 5. The van der Waals surface area contributed by atoms with E-state index >= 15 is 0 Å². The zero-order valence-electron chi connectivity index (χ0n) is 20.1. The molecule has 2 N–H and O–H groups in total. The molecule has 1 aliphatic rings. The molecule has 16 heteroatoms. The Morgan fingerprint density at radius 2 is 1.57 bits per heavy atom. The number of ether oxygens (including phenoxy) is 4. The van der Waals surface area contributed by atoms with Gasteiger partial charge < -0.3 is 24.3 Å². The van der Waals surface area contributed by atoms with Crippen molar-refractivity contribution < 1.29 is 52.7 Å². The van der Waals surface area contributed by atoms with Crippen LogP contribution in [0.1, 0.15) is 27.7 Å². The van der Waals surface area contributed by atoms with Crippen LogP contribution in [-0.2, 0) is 43.0 Å². The van der Waals surface area contributed by atoms with E-state index in [9.17, 15) is 34.1 Å². The van der Waals surface area contributed by atoms with Gasteiger partial charge in [0, 0.05) is 45.5 Å². The Labute approximate surface area is 209 Å². The zero-order chi connectivity index (χ0) is 27.7. The van der Waals surface area contributed by atoms with Gasteiger partial charge in [-0.25, -0.2) is 4.79 Å². The van der Waals surface area contributed by atoms with E-state index in [2.05, 4.69) is 15.8 Å². The first-order chi connectivity index (χ1) is 17.4. The number of hydrogen-bond donors (Lipinski definition) is 2. The third-order valence-corrected chi connectivity index (χ3v) is 4.51. The summed E-state index contributed by atoms with van der Waals surface area (Å²) in [5, 5.41) is 19.0. The number of rotatable bonds is 8. The Morgan fingerprint density at radius 3 is 2.08 bits per heavy atom. The van der Waals surface area contributed by atoms with E-state index in [1.165, 1.54) is 12.1 Å². The fourth-order valence-electron chi connectivity index (χ4n) is 3.16. The smallest absolute Gasteiger partial charge is 0.437 e. The SMILES string of the molecule is CC(=O)NC1/C(=N/OC(=O)Nc2ccc([N+](=O)[O-])cc2)OC(COC(C)=O)C(OC(C)=O)C1OC(C)=O. The van der Waals surface area contributed by atoms with Gasteiger partial charge in [0.25, 0.3) is 11.6 Å². The Kier molecular flexibility index (Phi) is 9.85. The summed E-state index contributed by atoms with van der Waals surface area (Å²) < 4.78 is 21.1. The second kappa shape index (κ2) is 12.8. The summed E-state index contributed by atoms with van der Waals surface area (Å²) in [4.78, 5) is 73.9. The van der Waals surface area contributed by atoms with Crippen LogP contribution in [0.25, 0.3) is 0 Å². The molecular formula is C21H24N4O12. The molecule has 1 aliphatic heterocycles. The van der Waals surface area contributed by atoms with Crippen LogP contribution in [0.15, 0.2) is 29.4 Å².